The molecule has 2 heterocycles. The molecule has 1 aliphatic heterocycles. The first-order valence-corrected chi connectivity index (χ1v) is 8.74. The van der Waals surface area contributed by atoms with Gasteiger partial charge in [0.15, 0.2) is 0 Å². The third-order valence-electron chi connectivity index (χ3n) is 4.59. The minimum absolute atomic E-state index is 0.0382. The Labute approximate surface area is 162 Å². The molecule has 0 aliphatic carbocycles. The molecule has 10 heteroatoms. The molecule has 0 saturated carbocycles. The molecular formula is C19H14F4N4O2. The van der Waals surface area contributed by atoms with Crippen LogP contribution >= 0.6 is 0 Å². The van der Waals surface area contributed by atoms with E-state index < -0.39 is 35.3 Å². The average Bonchev–Trinajstić information content (AvgIpc) is 3.33. The highest BCUT2D eigenvalue weighted by Crippen LogP contribution is 2.33. The van der Waals surface area contributed by atoms with Gasteiger partial charge in [0.05, 0.1) is 11.3 Å². The number of nitrogens with zero attached hydrogens (tertiary/aromatic N) is 3. The molecule has 0 radical (unpaired) electrons. The van der Waals surface area contributed by atoms with Crippen LogP contribution in [0.2, 0.25) is 0 Å². The second-order valence-corrected chi connectivity index (χ2v) is 6.49. The maximum absolute atomic E-state index is 13.9. The monoisotopic (exact) mass is 406 g/mol. The number of benzene rings is 2. The van der Waals surface area contributed by atoms with E-state index in [9.17, 15) is 22.4 Å². The van der Waals surface area contributed by atoms with Crippen molar-refractivity contribution in [3.05, 3.63) is 65.6 Å². The van der Waals surface area contributed by atoms with Crippen LogP contribution in [0, 0.1) is 23.3 Å². The smallest absolute Gasteiger partial charge is 0.322 e. The van der Waals surface area contributed by atoms with E-state index in [-0.39, 0.29) is 23.0 Å². The van der Waals surface area contributed by atoms with Gasteiger partial charge in [0.2, 0.25) is 11.7 Å². The van der Waals surface area contributed by atoms with Gasteiger partial charge in [-0.05, 0) is 37.1 Å². The van der Waals surface area contributed by atoms with Crippen LogP contribution < -0.4 is 5.32 Å². The Hall–Kier alpha value is -3.43. The standard InChI is InChI=1S/C19H14F4N4O2/c20-10-3-5-12(13(22)8-10)17-25-18(29-26-17)16-2-1-7-27(16)19(28)24-15-6-4-11(21)9-14(15)23/h3-6,8-9,16H,1-2,7H2,(H,24,28). The van der Waals surface area contributed by atoms with Crippen molar-refractivity contribution >= 4 is 11.7 Å². The number of likely N-dealkylation sites (tertiary alicyclic amines) is 1. The molecule has 0 spiro atoms. The van der Waals surface area contributed by atoms with Crippen molar-refractivity contribution in [3.63, 3.8) is 0 Å². The molecular weight excluding hydrogens is 392 g/mol. The van der Waals surface area contributed by atoms with Gasteiger partial charge in [-0.2, -0.15) is 4.98 Å². The summed E-state index contributed by atoms with van der Waals surface area (Å²) in [7, 11) is 0. The summed E-state index contributed by atoms with van der Waals surface area (Å²) in [5.41, 5.74) is -0.203. The Kier molecular flexibility index (Phi) is 4.91. The summed E-state index contributed by atoms with van der Waals surface area (Å²) in [6.07, 6.45) is 1.14. The zero-order chi connectivity index (χ0) is 20.5. The van der Waals surface area contributed by atoms with Crippen LogP contribution in [-0.2, 0) is 0 Å². The second kappa shape index (κ2) is 7.53. The maximum atomic E-state index is 13.9. The van der Waals surface area contributed by atoms with E-state index in [0.29, 0.717) is 31.5 Å². The van der Waals surface area contributed by atoms with Gasteiger partial charge in [-0.3, -0.25) is 0 Å². The Morgan fingerprint density at radius 3 is 2.52 bits per heavy atom. The summed E-state index contributed by atoms with van der Waals surface area (Å²) >= 11 is 0. The van der Waals surface area contributed by atoms with Gasteiger partial charge in [0.25, 0.3) is 0 Å². The Morgan fingerprint density at radius 2 is 1.79 bits per heavy atom. The lowest BCUT2D eigenvalue weighted by molar-refractivity contribution is 0.193. The molecule has 150 valence electrons. The zero-order valence-electron chi connectivity index (χ0n) is 14.8. The molecule has 1 aliphatic rings. The van der Waals surface area contributed by atoms with Gasteiger partial charge >= 0.3 is 6.03 Å². The number of carbonyl (C=O) groups excluding carboxylic acids is 1. The molecule has 4 rings (SSSR count). The molecule has 2 amide bonds. The minimum Gasteiger partial charge on any atom is -0.337 e. The van der Waals surface area contributed by atoms with Gasteiger partial charge in [0, 0.05) is 18.7 Å². The topological polar surface area (TPSA) is 71.3 Å². The lowest BCUT2D eigenvalue weighted by atomic mass is 10.2. The highest BCUT2D eigenvalue weighted by Gasteiger charge is 2.34. The van der Waals surface area contributed by atoms with E-state index in [1.54, 1.807) is 0 Å². The molecule has 1 saturated heterocycles. The van der Waals surface area contributed by atoms with Crippen LogP contribution in [0.1, 0.15) is 24.8 Å². The number of hydrogen-bond donors (Lipinski definition) is 1. The average molecular weight is 406 g/mol. The fraction of sp³-hybridized carbons (Fsp3) is 0.211. The number of halogens is 4. The van der Waals surface area contributed by atoms with Crippen LogP contribution in [0.25, 0.3) is 11.4 Å². The van der Waals surface area contributed by atoms with Gasteiger partial charge < -0.3 is 14.7 Å². The summed E-state index contributed by atoms with van der Waals surface area (Å²) in [6.45, 7) is 0.349. The van der Waals surface area contributed by atoms with Crippen LogP contribution in [-0.4, -0.2) is 27.6 Å². The van der Waals surface area contributed by atoms with Gasteiger partial charge in [-0.15, -0.1) is 0 Å². The van der Waals surface area contributed by atoms with Crippen molar-refractivity contribution in [2.24, 2.45) is 0 Å². The molecule has 0 bridgehead atoms. The number of rotatable bonds is 3. The largest absolute Gasteiger partial charge is 0.337 e. The first-order chi connectivity index (χ1) is 13.9. The first-order valence-electron chi connectivity index (χ1n) is 8.74. The van der Waals surface area contributed by atoms with Crippen molar-refractivity contribution in [3.8, 4) is 11.4 Å². The molecule has 29 heavy (non-hydrogen) atoms. The summed E-state index contributed by atoms with van der Waals surface area (Å²) < 4.78 is 59.0. The Morgan fingerprint density at radius 1 is 1.07 bits per heavy atom. The number of nitrogens with one attached hydrogen (secondary N) is 1. The number of hydrogen-bond acceptors (Lipinski definition) is 4. The highest BCUT2D eigenvalue weighted by atomic mass is 19.1. The van der Waals surface area contributed by atoms with Gasteiger partial charge in [-0.1, -0.05) is 5.16 Å². The number of amides is 2. The van der Waals surface area contributed by atoms with Crippen LogP contribution in [0.4, 0.5) is 28.0 Å². The summed E-state index contributed by atoms with van der Waals surface area (Å²) in [5.74, 6) is -3.23. The molecule has 2 aromatic carbocycles. The van der Waals surface area contributed by atoms with Crippen molar-refractivity contribution in [1.82, 2.24) is 15.0 Å². The number of aromatic nitrogens is 2. The minimum atomic E-state index is -0.902. The molecule has 3 aromatic rings. The molecule has 1 atom stereocenters. The molecule has 1 fully saturated rings. The summed E-state index contributed by atoms with van der Waals surface area (Å²) in [6, 6.07) is 4.57. The van der Waals surface area contributed by atoms with E-state index >= 15 is 0 Å². The van der Waals surface area contributed by atoms with Crippen molar-refractivity contribution < 1.29 is 26.9 Å². The van der Waals surface area contributed by atoms with Crippen molar-refractivity contribution in [1.29, 1.82) is 0 Å². The van der Waals surface area contributed by atoms with Gasteiger partial charge in [0.1, 0.15) is 29.3 Å². The van der Waals surface area contributed by atoms with Crippen molar-refractivity contribution in [2.75, 3.05) is 11.9 Å². The van der Waals surface area contributed by atoms with Crippen LogP contribution in [0.3, 0.4) is 0 Å². The number of carbonyl (C=O) groups is 1. The van der Waals surface area contributed by atoms with Crippen LogP contribution in [0.5, 0.6) is 0 Å². The lowest BCUT2D eigenvalue weighted by Gasteiger charge is -2.22. The second-order valence-electron chi connectivity index (χ2n) is 6.49. The Balaban J connectivity index is 1.54. The number of urea groups is 1. The highest BCUT2D eigenvalue weighted by molar-refractivity contribution is 5.89. The summed E-state index contributed by atoms with van der Waals surface area (Å²) in [5, 5.41) is 6.10. The quantitative estimate of drug-likeness (QED) is 0.642. The fourth-order valence-electron chi connectivity index (χ4n) is 3.20. The van der Waals surface area contributed by atoms with Gasteiger partial charge in [-0.25, -0.2) is 22.4 Å². The van der Waals surface area contributed by atoms with E-state index in [4.69, 9.17) is 4.52 Å². The number of anilines is 1. The predicted octanol–water partition coefficient (Wildman–Crippen LogP) is 4.66. The lowest BCUT2D eigenvalue weighted by Crippen LogP contribution is -2.34. The molecule has 1 N–H and O–H groups in total. The molecule has 1 aromatic heterocycles. The predicted molar refractivity (Wildman–Crippen MR) is 93.7 cm³/mol. The molecule has 6 nitrogen and oxygen atoms in total. The third-order valence-corrected chi connectivity index (χ3v) is 4.59. The van der Waals surface area contributed by atoms with E-state index in [1.807, 2.05) is 0 Å². The summed E-state index contributed by atoms with van der Waals surface area (Å²) in [4.78, 5) is 18.1. The Bertz CT molecular complexity index is 1070. The molecule has 1 unspecified atom stereocenters. The maximum Gasteiger partial charge on any atom is 0.322 e. The van der Waals surface area contributed by atoms with E-state index in [2.05, 4.69) is 15.5 Å². The SMILES string of the molecule is O=C(Nc1ccc(F)cc1F)N1CCCC1c1nc(-c2ccc(F)cc2F)no1. The van der Waals surface area contributed by atoms with Crippen molar-refractivity contribution in [2.45, 2.75) is 18.9 Å². The van der Waals surface area contributed by atoms with E-state index in [0.717, 1.165) is 18.2 Å². The third kappa shape index (κ3) is 3.78. The van der Waals surface area contributed by atoms with E-state index in [1.165, 1.54) is 11.0 Å². The first kappa shape index (κ1) is 18.9. The zero-order valence-corrected chi connectivity index (χ0v) is 14.8. The van der Waals surface area contributed by atoms with Crippen LogP contribution in [0.15, 0.2) is 40.9 Å². The normalized spacial score (nSPS) is 16.3. The fourth-order valence-corrected chi connectivity index (χ4v) is 3.20.